The van der Waals surface area contributed by atoms with Crippen LogP contribution in [0.15, 0.2) is 53.1 Å². The fourth-order valence-electron chi connectivity index (χ4n) is 3.42. The molecule has 0 radical (unpaired) electrons. The van der Waals surface area contributed by atoms with Crippen LogP contribution in [0.1, 0.15) is 27.4 Å². The molecular formula is C21H21FN4O2. The maximum Gasteiger partial charge on any atom is 0.268 e. The number of benzene rings is 1. The molecule has 3 aromatic heterocycles. The average molecular weight is 380 g/mol. The fraction of sp³-hybridized carbons (Fsp3) is 0.238. The quantitative estimate of drug-likeness (QED) is 0.555. The Morgan fingerprint density at radius 2 is 2.07 bits per heavy atom. The van der Waals surface area contributed by atoms with Crippen LogP contribution < -0.4 is 5.32 Å². The first kappa shape index (κ1) is 18.0. The van der Waals surface area contributed by atoms with Gasteiger partial charge < -0.3 is 14.3 Å². The van der Waals surface area contributed by atoms with Crippen molar-refractivity contribution >= 4 is 17.0 Å². The first-order valence-corrected chi connectivity index (χ1v) is 9.11. The number of aromatic nitrogens is 3. The molecule has 0 bridgehead atoms. The fourth-order valence-corrected chi connectivity index (χ4v) is 3.42. The highest BCUT2D eigenvalue weighted by atomic mass is 19.1. The van der Waals surface area contributed by atoms with Gasteiger partial charge in [-0.05, 0) is 37.6 Å². The van der Waals surface area contributed by atoms with Gasteiger partial charge in [0.15, 0.2) is 5.58 Å². The van der Waals surface area contributed by atoms with Gasteiger partial charge in [-0.15, -0.1) is 0 Å². The Bertz CT molecular complexity index is 1140. The second-order valence-electron chi connectivity index (χ2n) is 6.82. The molecule has 28 heavy (non-hydrogen) atoms. The number of nitrogens with zero attached hydrogens (tertiary/aromatic N) is 3. The molecule has 1 amide bonds. The maximum absolute atomic E-state index is 13.6. The number of hydrogen-bond donors (Lipinski definition) is 1. The van der Waals surface area contributed by atoms with Crippen molar-refractivity contribution in [1.29, 1.82) is 0 Å². The van der Waals surface area contributed by atoms with Gasteiger partial charge in [-0.1, -0.05) is 12.1 Å². The number of rotatable bonds is 6. The minimum absolute atomic E-state index is 0.204. The van der Waals surface area contributed by atoms with Crippen LogP contribution in [-0.4, -0.2) is 26.8 Å². The van der Waals surface area contributed by atoms with E-state index in [4.69, 9.17) is 4.42 Å². The molecule has 0 unspecified atom stereocenters. The molecule has 4 rings (SSSR count). The van der Waals surface area contributed by atoms with Crippen LogP contribution in [0.4, 0.5) is 4.39 Å². The zero-order valence-electron chi connectivity index (χ0n) is 15.8. The molecule has 0 spiro atoms. The monoisotopic (exact) mass is 380 g/mol. The molecule has 4 aromatic rings. The molecule has 1 aromatic carbocycles. The topological polar surface area (TPSA) is 65.0 Å². The van der Waals surface area contributed by atoms with E-state index < -0.39 is 0 Å². The van der Waals surface area contributed by atoms with Crippen molar-refractivity contribution in [2.45, 2.75) is 26.9 Å². The standard InChI is InChI=1S/C21H21FN4O2/c1-14-10-15(2)26(24-14)8-7-23-21(27)19-12-20-18(6-9-28-20)25(19)13-16-4-3-5-17(22)11-16/h3-6,9-12H,7-8,13H2,1-2H3,(H,23,27). The number of nitrogens with one attached hydrogen (secondary N) is 1. The summed E-state index contributed by atoms with van der Waals surface area (Å²) >= 11 is 0. The molecule has 0 aliphatic rings. The van der Waals surface area contributed by atoms with Crippen LogP contribution >= 0.6 is 0 Å². The third-order valence-corrected chi connectivity index (χ3v) is 4.70. The summed E-state index contributed by atoms with van der Waals surface area (Å²) in [7, 11) is 0. The van der Waals surface area contributed by atoms with Crippen LogP contribution in [-0.2, 0) is 13.1 Å². The molecule has 0 aliphatic carbocycles. The zero-order valence-corrected chi connectivity index (χ0v) is 15.8. The molecule has 144 valence electrons. The minimum Gasteiger partial charge on any atom is -0.463 e. The maximum atomic E-state index is 13.6. The van der Waals surface area contributed by atoms with Crippen molar-refractivity contribution in [1.82, 2.24) is 19.7 Å². The summed E-state index contributed by atoms with van der Waals surface area (Å²) in [5, 5.41) is 7.33. The number of hydrogen-bond acceptors (Lipinski definition) is 3. The Labute approximate surface area is 161 Å². The largest absolute Gasteiger partial charge is 0.463 e. The Kier molecular flexibility index (Phi) is 4.73. The SMILES string of the molecule is Cc1cc(C)n(CCNC(=O)c2cc3occc3n2Cc2cccc(F)c2)n1. The predicted octanol–water partition coefficient (Wildman–Crippen LogP) is 3.67. The average Bonchev–Trinajstić information content (AvgIpc) is 3.31. The third-order valence-electron chi connectivity index (χ3n) is 4.70. The molecular weight excluding hydrogens is 359 g/mol. The van der Waals surface area contributed by atoms with E-state index in [0.29, 0.717) is 30.9 Å². The van der Waals surface area contributed by atoms with Crippen LogP contribution in [0.25, 0.3) is 11.1 Å². The number of carbonyl (C=O) groups excluding carboxylic acids is 1. The lowest BCUT2D eigenvalue weighted by atomic mass is 10.2. The number of furan rings is 1. The summed E-state index contributed by atoms with van der Waals surface area (Å²) < 4.78 is 22.7. The van der Waals surface area contributed by atoms with E-state index in [1.54, 1.807) is 24.5 Å². The number of carbonyl (C=O) groups is 1. The summed E-state index contributed by atoms with van der Waals surface area (Å²) in [5.41, 5.74) is 4.68. The number of fused-ring (bicyclic) bond motifs is 1. The van der Waals surface area contributed by atoms with Crippen molar-refractivity contribution in [3.05, 3.63) is 77.2 Å². The Balaban J connectivity index is 1.53. The van der Waals surface area contributed by atoms with Gasteiger partial charge in [0.1, 0.15) is 11.5 Å². The van der Waals surface area contributed by atoms with Crippen molar-refractivity contribution in [3.63, 3.8) is 0 Å². The lowest BCUT2D eigenvalue weighted by Crippen LogP contribution is -2.29. The molecule has 7 heteroatoms. The van der Waals surface area contributed by atoms with Gasteiger partial charge >= 0.3 is 0 Å². The predicted molar refractivity (Wildman–Crippen MR) is 104 cm³/mol. The van der Waals surface area contributed by atoms with E-state index in [9.17, 15) is 9.18 Å². The first-order valence-electron chi connectivity index (χ1n) is 9.11. The van der Waals surface area contributed by atoms with Gasteiger partial charge in [-0.25, -0.2) is 4.39 Å². The van der Waals surface area contributed by atoms with Gasteiger partial charge in [0.2, 0.25) is 0 Å². The molecule has 0 saturated carbocycles. The van der Waals surface area contributed by atoms with Crippen LogP contribution in [0.2, 0.25) is 0 Å². The third kappa shape index (κ3) is 3.55. The van der Waals surface area contributed by atoms with Crippen molar-refractivity contribution < 1.29 is 13.6 Å². The normalized spacial score (nSPS) is 11.2. The van der Waals surface area contributed by atoms with Crippen LogP contribution in [0.3, 0.4) is 0 Å². The molecule has 1 N–H and O–H groups in total. The van der Waals surface area contributed by atoms with E-state index in [1.165, 1.54) is 12.1 Å². The van der Waals surface area contributed by atoms with E-state index >= 15 is 0 Å². The molecule has 0 fully saturated rings. The van der Waals surface area contributed by atoms with Gasteiger partial charge in [-0.2, -0.15) is 5.10 Å². The van der Waals surface area contributed by atoms with Crippen LogP contribution in [0, 0.1) is 19.7 Å². The summed E-state index contributed by atoms with van der Waals surface area (Å²) in [4.78, 5) is 12.8. The highest BCUT2D eigenvalue weighted by Gasteiger charge is 2.17. The lowest BCUT2D eigenvalue weighted by Gasteiger charge is -2.11. The second-order valence-corrected chi connectivity index (χ2v) is 6.82. The minimum atomic E-state index is -0.302. The molecule has 3 heterocycles. The number of halogens is 1. The Morgan fingerprint density at radius 1 is 1.21 bits per heavy atom. The highest BCUT2D eigenvalue weighted by molar-refractivity contribution is 5.97. The number of aryl methyl sites for hydroxylation is 2. The van der Waals surface area contributed by atoms with Gasteiger partial charge in [0, 0.05) is 30.9 Å². The molecule has 0 aliphatic heterocycles. The van der Waals surface area contributed by atoms with Gasteiger partial charge in [0.05, 0.1) is 24.0 Å². The molecule has 6 nitrogen and oxygen atoms in total. The Hall–Kier alpha value is -3.35. The lowest BCUT2D eigenvalue weighted by molar-refractivity contribution is 0.0943. The number of amides is 1. The highest BCUT2D eigenvalue weighted by Crippen LogP contribution is 2.22. The Morgan fingerprint density at radius 3 is 2.82 bits per heavy atom. The summed E-state index contributed by atoms with van der Waals surface area (Å²) in [6.45, 7) is 5.34. The summed E-state index contributed by atoms with van der Waals surface area (Å²) in [5.74, 6) is -0.506. The molecule has 0 saturated heterocycles. The van der Waals surface area contributed by atoms with Crippen molar-refractivity contribution in [3.8, 4) is 0 Å². The van der Waals surface area contributed by atoms with Crippen molar-refractivity contribution in [2.75, 3.05) is 6.54 Å². The van der Waals surface area contributed by atoms with Crippen LogP contribution in [0.5, 0.6) is 0 Å². The van der Waals surface area contributed by atoms with E-state index in [2.05, 4.69) is 10.4 Å². The zero-order chi connectivity index (χ0) is 19.7. The van der Waals surface area contributed by atoms with Gasteiger partial charge in [-0.3, -0.25) is 9.48 Å². The first-order chi connectivity index (χ1) is 13.5. The van der Waals surface area contributed by atoms with E-state index in [-0.39, 0.29) is 11.7 Å². The summed E-state index contributed by atoms with van der Waals surface area (Å²) in [6, 6.07) is 11.9. The smallest absolute Gasteiger partial charge is 0.268 e. The molecule has 0 atom stereocenters. The van der Waals surface area contributed by atoms with Gasteiger partial charge in [0.25, 0.3) is 5.91 Å². The van der Waals surface area contributed by atoms with Crippen molar-refractivity contribution in [2.24, 2.45) is 0 Å². The van der Waals surface area contributed by atoms with E-state index in [1.807, 2.05) is 35.2 Å². The summed E-state index contributed by atoms with van der Waals surface area (Å²) in [6.07, 6.45) is 1.58. The second kappa shape index (κ2) is 7.34. The van der Waals surface area contributed by atoms with E-state index in [0.717, 1.165) is 22.5 Å².